The monoisotopic (exact) mass is 355 g/mol. The first-order chi connectivity index (χ1) is 12.5. The molecule has 7 heteroatoms. The summed E-state index contributed by atoms with van der Waals surface area (Å²) < 4.78 is 0. The Balaban J connectivity index is 1.66. The van der Waals surface area contributed by atoms with E-state index in [9.17, 15) is 9.90 Å². The summed E-state index contributed by atoms with van der Waals surface area (Å²) in [5, 5.41) is 16.3. The number of benzene rings is 1. The Morgan fingerprint density at radius 3 is 2.81 bits per heavy atom. The predicted octanol–water partition coefficient (Wildman–Crippen LogP) is 2.01. The molecule has 0 bridgehead atoms. The summed E-state index contributed by atoms with van der Waals surface area (Å²) >= 11 is 0. The van der Waals surface area contributed by atoms with Crippen molar-refractivity contribution in [2.24, 2.45) is 0 Å². The Hall–Kier alpha value is -2.67. The number of nitrogens with one attached hydrogen (secondary N) is 2. The first-order valence-corrected chi connectivity index (χ1v) is 8.93. The molecule has 1 saturated carbocycles. The third-order valence-electron chi connectivity index (χ3n) is 4.73. The van der Waals surface area contributed by atoms with E-state index in [2.05, 4.69) is 20.6 Å². The van der Waals surface area contributed by atoms with Crippen LogP contribution in [0.3, 0.4) is 0 Å². The second kappa shape index (κ2) is 8.14. The van der Waals surface area contributed by atoms with E-state index in [0.717, 1.165) is 42.6 Å². The maximum atomic E-state index is 12.5. The van der Waals surface area contributed by atoms with Gasteiger partial charge in [0, 0.05) is 11.3 Å². The lowest BCUT2D eigenvalue weighted by molar-refractivity contribution is 0.0717. The molecule has 7 nitrogen and oxygen atoms in total. The smallest absolute Gasteiger partial charge is 0.251 e. The van der Waals surface area contributed by atoms with Crippen molar-refractivity contribution >= 4 is 17.4 Å². The molecule has 2 aromatic rings. The molecule has 3 rings (SSSR count). The van der Waals surface area contributed by atoms with E-state index in [0.29, 0.717) is 17.9 Å². The summed E-state index contributed by atoms with van der Waals surface area (Å²) in [6, 6.07) is 5.36. The quantitative estimate of drug-likeness (QED) is 0.652. The molecule has 1 fully saturated rings. The number of nitrogens with zero attached hydrogens (tertiary/aromatic N) is 2. The normalized spacial score (nSPS) is 19.8. The number of aliphatic hydroxyl groups excluding tert-OH is 1. The van der Waals surface area contributed by atoms with E-state index in [-0.39, 0.29) is 11.9 Å². The van der Waals surface area contributed by atoms with Gasteiger partial charge in [-0.2, -0.15) is 0 Å². The number of amides is 1. The van der Waals surface area contributed by atoms with Crippen LogP contribution in [-0.4, -0.2) is 33.1 Å². The second-order valence-electron chi connectivity index (χ2n) is 6.75. The highest BCUT2D eigenvalue weighted by molar-refractivity contribution is 5.95. The average molecular weight is 355 g/mol. The van der Waals surface area contributed by atoms with Crippen molar-refractivity contribution < 1.29 is 9.90 Å². The van der Waals surface area contributed by atoms with E-state index >= 15 is 0 Å². The molecule has 5 N–H and O–H groups in total. The van der Waals surface area contributed by atoms with E-state index in [1.807, 2.05) is 19.1 Å². The molecular weight excluding hydrogens is 330 g/mol. The van der Waals surface area contributed by atoms with Gasteiger partial charge in [-0.15, -0.1) is 0 Å². The maximum absolute atomic E-state index is 12.5. The minimum Gasteiger partial charge on any atom is -0.391 e. The molecule has 1 aliphatic rings. The minimum absolute atomic E-state index is 0.161. The highest BCUT2D eigenvalue weighted by Gasteiger charge is 2.24. The first kappa shape index (κ1) is 18.1. The van der Waals surface area contributed by atoms with E-state index in [1.54, 1.807) is 12.3 Å². The van der Waals surface area contributed by atoms with Crippen LogP contribution < -0.4 is 16.4 Å². The Morgan fingerprint density at radius 2 is 2.08 bits per heavy atom. The highest BCUT2D eigenvalue weighted by Crippen LogP contribution is 2.21. The molecule has 1 aromatic heterocycles. The van der Waals surface area contributed by atoms with Gasteiger partial charge < -0.3 is 21.5 Å². The third kappa shape index (κ3) is 4.49. The summed E-state index contributed by atoms with van der Waals surface area (Å²) in [6.07, 6.45) is 6.29. The van der Waals surface area contributed by atoms with E-state index in [1.165, 1.54) is 6.20 Å². The second-order valence-corrected chi connectivity index (χ2v) is 6.75. The molecule has 1 heterocycles. The Bertz CT molecular complexity index is 763. The maximum Gasteiger partial charge on any atom is 0.251 e. The summed E-state index contributed by atoms with van der Waals surface area (Å²) in [5.41, 5.74) is 8.76. The molecule has 1 aliphatic carbocycles. The molecule has 26 heavy (non-hydrogen) atoms. The molecule has 0 aliphatic heterocycles. The zero-order chi connectivity index (χ0) is 18.5. The van der Waals surface area contributed by atoms with Crippen molar-refractivity contribution in [2.45, 2.75) is 51.3 Å². The van der Waals surface area contributed by atoms with Crippen LogP contribution in [0.1, 0.15) is 47.3 Å². The minimum atomic E-state index is -0.458. The van der Waals surface area contributed by atoms with Gasteiger partial charge >= 0.3 is 0 Å². The number of anilines is 2. The number of nitrogen functional groups attached to an aromatic ring is 1. The van der Waals surface area contributed by atoms with Crippen LogP contribution in [0.5, 0.6) is 0 Å². The van der Waals surface area contributed by atoms with Gasteiger partial charge in [-0.3, -0.25) is 9.78 Å². The molecule has 138 valence electrons. The van der Waals surface area contributed by atoms with E-state index in [4.69, 9.17) is 5.73 Å². The van der Waals surface area contributed by atoms with E-state index < -0.39 is 6.10 Å². The molecule has 0 spiro atoms. The van der Waals surface area contributed by atoms with Crippen LogP contribution in [-0.2, 0) is 6.54 Å². The van der Waals surface area contributed by atoms with Gasteiger partial charge in [0.2, 0.25) is 0 Å². The fourth-order valence-electron chi connectivity index (χ4n) is 3.13. The fraction of sp³-hybridized carbons (Fsp3) is 0.421. The van der Waals surface area contributed by atoms with Gasteiger partial charge in [0.05, 0.1) is 36.8 Å². The molecule has 0 radical (unpaired) electrons. The van der Waals surface area contributed by atoms with Crippen molar-refractivity contribution in [2.75, 3.05) is 11.1 Å². The van der Waals surface area contributed by atoms with Crippen LogP contribution in [0.25, 0.3) is 0 Å². The Kier molecular flexibility index (Phi) is 5.68. The largest absolute Gasteiger partial charge is 0.391 e. The highest BCUT2D eigenvalue weighted by atomic mass is 16.3. The molecule has 0 saturated heterocycles. The van der Waals surface area contributed by atoms with Crippen LogP contribution in [0.2, 0.25) is 0 Å². The number of rotatable bonds is 5. The number of aryl methyl sites for hydroxylation is 1. The van der Waals surface area contributed by atoms with Crippen molar-refractivity contribution in [1.82, 2.24) is 15.3 Å². The van der Waals surface area contributed by atoms with Gasteiger partial charge in [-0.05, 0) is 37.5 Å². The molecule has 0 unspecified atom stereocenters. The van der Waals surface area contributed by atoms with Crippen LogP contribution in [0.15, 0.2) is 30.6 Å². The van der Waals surface area contributed by atoms with Gasteiger partial charge in [-0.25, -0.2) is 4.98 Å². The number of carbonyl (C=O) groups is 1. The molecule has 1 amide bonds. The molecule has 2 atom stereocenters. The fourth-order valence-corrected chi connectivity index (χ4v) is 3.13. The summed E-state index contributed by atoms with van der Waals surface area (Å²) in [5.74, 6) is 0.222. The number of carbonyl (C=O) groups excluding carboxylic acids is 1. The number of aliphatic hydroxyl groups is 1. The number of nitrogens with two attached hydrogens (primary N) is 1. The lowest BCUT2D eigenvalue weighted by Crippen LogP contribution is -2.45. The lowest BCUT2D eigenvalue weighted by atomic mass is 9.92. The number of hydrogen-bond donors (Lipinski definition) is 4. The Morgan fingerprint density at radius 1 is 1.27 bits per heavy atom. The SMILES string of the molecule is Cc1ccc(C(=O)N[C@H]2CCCC[C@@H]2O)cc1NCc1cnc(N)cn1. The summed E-state index contributed by atoms with van der Waals surface area (Å²) in [4.78, 5) is 20.8. The van der Waals surface area contributed by atoms with Crippen LogP contribution >= 0.6 is 0 Å². The van der Waals surface area contributed by atoms with Crippen molar-refractivity contribution in [1.29, 1.82) is 0 Å². The standard InChI is InChI=1S/C19H25N5O2/c1-12-6-7-13(19(26)24-15-4-2-3-5-17(15)25)8-16(12)22-9-14-10-23-18(20)11-21-14/h6-8,10-11,15,17,22,25H,2-5,9H2,1H3,(H2,20,23)(H,24,26)/t15-,17-/m0/s1. The zero-order valence-electron chi connectivity index (χ0n) is 14.9. The predicted molar refractivity (Wildman–Crippen MR) is 101 cm³/mol. The Labute approximate surface area is 153 Å². The molecular formula is C19H25N5O2. The number of aromatic nitrogens is 2. The van der Waals surface area contributed by atoms with Gasteiger partial charge in [0.15, 0.2) is 0 Å². The first-order valence-electron chi connectivity index (χ1n) is 8.93. The average Bonchev–Trinajstić information content (AvgIpc) is 2.64. The van der Waals surface area contributed by atoms with Gasteiger partial charge in [0.1, 0.15) is 5.82 Å². The van der Waals surface area contributed by atoms with Crippen LogP contribution in [0, 0.1) is 6.92 Å². The number of hydrogen-bond acceptors (Lipinski definition) is 6. The molecule has 1 aromatic carbocycles. The topological polar surface area (TPSA) is 113 Å². The van der Waals surface area contributed by atoms with Gasteiger partial charge in [-0.1, -0.05) is 18.9 Å². The van der Waals surface area contributed by atoms with Crippen LogP contribution in [0.4, 0.5) is 11.5 Å². The van der Waals surface area contributed by atoms with Crippen molar-refractivity contribution in [3.63, 3.8) is 0 Å². The van der Waals surface area contributed by atoms with Crippen molar-refractivity contribution in [3.8, 4) is 0 Å². The lowest BCUT2D eigenvalue weighted by Gasteiger charge is -2.28. The zero-order valence-corrected chi connectivity index (χ0v) is 14.9. The summed E-state index contributed by atoms with van der Waals surface area (Å²) in [6.45, 7) is 2.46. The third-order valence-corrected chi connectivity index (χ3v) is 4.73. The van der Waals surface area contributed by atoms with Gasteiger partial charge in [0.25, 0.3) is 5.91 Å². The summed E-state index contributed by atoms with van der Waals surface area (Å²) in [7, 11) is 0. The van der Waals surface area contributed by atoms with Crippen molar-refractivity contribution in [3.05, 3.63) is 47.4 Å².